The Balaban J connectivity index is 2.57. The molecule has 0 heterocycles. The van der Waals surface area contributed by atoms with Gasteiger partial charge in [-0.1, -0.05) is 61.0 Å². The van der Waals surface area contributed by atoms with Crippen molar-refractivity contribution in [2.24, 2.45) is 0 Å². The van der Waals surface area contributed by atoms with E-state index >= 15 is 0 Å². The highest BCUT2D eigenvalue weighted by atomic mass is 14.0. The molecule has 2 heteroatoms. The van der Waals surface area contributed by atoms with Crippen LogP contribution in [0.3, 0.4) is 0 Å². The van der Waals surface area contributed by atoms with E-state index in [1.807, 2.05) is 0 Å². The van der Waals surface area contributed by atoms with Crippen LogP contribution in [0.1, 0.15) is 0 Å². The van der Waals surface area contributed by atoms with Gasteiger partial charge >= 0.3 is 0 Å². The smallest absolute Gasteiger partial charge is 0.0849 e. The van der Waals surface area contributed by atoms with Crippen LogP contribution >= 0.6 is 0 Å². The Kier molecular flexibility index (Phi) is 2.62. The molecule has 0 saturated heterocycles. The number of fused-ring (bicyclic) bond motifs is 1. The highest BCUT2D eigenvalue weighted by Gasteiger charge is 1.97. The summed E-state index contributed by atoms with van der Waals surface area (Å²) in [5.74, 6) is 0. The Hall–Kier alpha value is -1.17. The molecule has 0 aliphatic rings. The average molecular weight is 180 g/mol. The lowest BCUT2D eigenvalue weighted by Gasteiger charge is -2.02. The molecule has 68 valence electrons. The van der Waals surface area contributed by atoms with Crippen molar-refractivity contribution in [3.63, 3.8) is 0 Å². The maximum Gasteiger partial charge on any atom is 0.154 e. The van der Waals surface area contributed by atoms with Gasteiger partial charge in [0.05, 0.1) is 0 Å². The fourth-order valence-electron chi connectivity index (χ4n) is 1.78. The molecule has 14 heavy (non-hydrogen) atoms. The van der Waals surface area contributed by atoms with Crippen LogP contribution in [0, 0.1) is 0 Å². The van der Waals surface area contributed by atoms with E-state index < -0.39 is 0 Å². The van der Waals surface area contributed by atoms with E-state index in [1.165, 1.54) is 21.7 Å². The third-order valence-corrected chi connectivity index (χ3v) is 2.79. The monoisotopic (exact) mass is 180 g/mol. The van der Waals surface area contributed by atoms with Crippen LogP contribution in [-0.4, -0.2) is 14.6 Å². The maximum atomic E-state index is 2.29. The van der Waals surface area contributed by atoms with Crippen molar-refractivity contribution < 1.29 is 0 Å². The van der Waals surface area contributed by atoms with E-state index in [4.69, 9.17) is 0 Å². The minimum Gasteiger partial charge on any atom is -0.0849 e. The zero-order chi connectivity index (χ0) is 9.97. The van der Waals surface area contributed by atoms with Gasteiger partial charge in [-0.25, -0.2) is 0 Å². The molecular formula is C12H14B2. The molecule has 0 N–H and O–H groups in total. The predicted octanol–water partition coefficient (Wildman–Crippen LogP) is 1.06. The predicted molar refractivity (Wildman–Crippen MR) is 69.2 cm³/mol. The molecule has 0 spiro atoms. The van der Waals surface area contributed by atoms with Crippen LogP contribution < -0.4 is 10.9 Å². The molecular weight excluding hydrogens is 166 g/mol. The lowest BCUT2D eigenvalue weighted by Crippen LogP contribution is -2.12. The SMILES string of the molecule is CBc1ccc2cc(BC)ccc2c1. The van der Waals surface area contributed by atoms with E-state index in [0.717, 1.165) is 14.6 Å². The van der Waals surface area contributed by atoms with E-state index in [-0.39, 0.29) is 0 Å². The van der Waals surface area contributed by atoms with Gasteiger partial charge in [0.1, 0.15) is 0 Å². The fourth-order valence-corrected chi connectivity index (χ4v) is 1.78. The molecule has 0 aliphatic carbocycles. The average Bonchev–Trinajstić information content (AvgIpc) is 2.27. The number of hydrogen-bond donors (Lipinski definition) is 0. The molecule has 0 atom stereocenters. The lowest BCUT2D eigenvalue weighted by atomic mass is 9.71. The third kappa shape index (κ3) is 1.70. The molecule has 0 radical (unpaired) electrons. The van der Waals surface area contributed by atoms with E-state index in [1.54, 1.807) is 0 Å². The van der Waals surface area contributed by atoms with Crippen molar-refractivity contribution >= 4 is 36.3 Å². The number of hydrogen-bond acceptors (Lipinski definition) is 0. The van der Waals surface area contributed by atoms with Gasteiger partial charge in [-0.05, 0) is 10.8 Å². The highest BCUT2D eigenvalue weighted by Crippen LogP contribution is 2.09. The summed E-state index contributed by atoms with van der Waals surface area (Å²) in [5.41, 5.74) is 2.84. The molecule has 0 saturated carbocycles. The summed E-state index contributed by atoms with van der Waals surface area (Å²) in [6.45, 7) is 4.39. The first kappa shape index (κ1) is 9.39. The normalized spacial score (nSPS) is 10.1. The topological polar surface area (TPSA) is 0 Å². The minimum atomic E-state index is 1.12. The quantitative estimate of drug-likeness (QED) is 0.606. The Bertz CT molecular complexity index is 406. The summed E-state index contributed by atoms with van der Waals surface area (Å²) >= 11 is 0. The van der Waals surface area contributed by atoms with Gasteiger partial charge in [0, 0.05) is 0 Å². The van der Waals surface area contributed by atoms with Gasteiger partial charge in [0.2, 0.25) is 0 Å². The van der Waals surface area contributed by atoms with Crippen molar-refractivity contribution in [1.82, 2.24) is 0 Å². The molecule has 0 unspecified atom stereocenters. The Morgan fingerprint density at radius 3 is 1.50 bits per heavy atom. The molecule has 0 amide bonds. The number of rotatable bonds is 2. The van der Waals surface area contributed by atoms with Crippen molar-refractivity contribution in [2.75, 3.05) is 0 Å². The molecule has 0 aromatic heterocycles. The summed E-state index contributed by atoms with van der Waals surface area (Å²) in [5, 5.41) is 2.73. The molecule has 2 rings (SSSR count). The Labute approximate surface area is 86.8 Å². The first-order chi connectivity index (χ1) is 6.83. The zero-order valence-corrected chi connectivity index (χ0v) is 8.88. The summed E-state index contributed by atoms with van der Waals surface area (Å²) in [6, 6.07) is 13.5. The van der Waals surface area contributed by atoms with Crippen LogP contribution in [0.4, 0.5) is 0 Å². The summed E-state index contributed by atoms with van der Waals surface area (Å²) in [6.07, 6.45) is 0. The number of benzene rings is 2. The van der Waals surface area contributed by atoms with Gasteiger partial charge < -0.3 is 0 Å². The lowest BCUT2D eigenvalue weighted by molar-refractivity contribution is 1.81. The Morgan fingerprint density at radius 1 is 0.714 bits per heavy atom. The molecule has 0 bridgehead atoms. The van der Waals surface area contributed by atoms with Gasteiger partial charge in [-0.15, -0.1) is 0 Å². The van der Waals surface area contributed by atoms with E-state index in [2.05, 4.69) is 50.0 Å². The second kappa shape index (κ2) is 3.91. The van der Waals surface area contributed by atoms with Crippen molar-refractivity contribution in [2.45, 2.75) is 13.6 Å². The van der Waals surface area contributed by atoms with Crippen molar-refractivity contribution in [3.8, 4) is 0 Å². The van der Waals surface area contributed by atoms with E-state index in [9.17, 15) is 0 Å². The molecule has 2 aromatic carbocycles. The van der Waals surface area contributed by atoms with Gasteiger partial charge in [0.25, 0.3) is 0 Å². The zero-order valence-electron chi connectivity index (χ0n) is 8.88. The largest absolute Gasteiger partial charge is 0.154 e. The molecule has 0 aliphatic heterocycles. The van der Waals surface area contributed by atoms with Crippen LogP contribution in [0.2, 0.25) is 13.6 Å². The highest BCUT2D eigenvalue weighted by molar-refractivity contribution is 6.53. The second-order valence-corrected chi connectivity index (χ2v) is 3.72. The van der Waals surface area contributed by atoms with Crippen LogP contribution in [-0.2, 0) is 0 Å². The van der Waals surface area contributed by atoms with Gasteiger partial charge in [-0.3, -0.25) is 0 Å². The van der Waals surface area contributed by atoms with Gasteiger partial charge in [-0.2, -0.15) is 0 Å². The van der Waals surface area contributed by atoms with Crippen molar-refractivity contribution in [3.05, 3.63) is 36.4 Å². The fraction of sp³-hybridized carbons (Fsp3) is 0.167. The Morgan fingerprint density at radius 2 is 1.14 bits per heavy atom. The van der Waals surface area contributed by atoms with Crippen LogP contribution in [0.15, 0.2) is 36.4 Å². The van der Waals surface area contributed by atoms with Crippen LogP contribution in [0.5, 0.6) is 0 Å². The molecule has 0 fully saturated rings. The maximum absolute atomic E-state index is 2.29. The van der Waals surface area contributed by atoms with Crippen molar-refractivity contribution in [1.29, 1.82) is 0 Å². The molecule has 2 aromatic rings. The standard InChI is InChI=1S/C12H14B2/c1-13-11-5-3-10-8-12(14-2)6-4-9(10)7-11/h3-8,13-14H,1-2H3. The van der Waals surface area contributed by atoms with Crippen LogP contribution in [0.25, 0.3) is 10.8 Å². The first-order valence-corrected chi connectivity index (χ1v) is 5.35. The summed E-state index contributed by atoms with van der Waals surface area (Å²) < 4.78 is 0. The second-order valence-electron chi connectivity index (χ2n) is 3.72. The van der Waals surface area contributed by atoms with Gasteiger partial charge in [0.15, 0.2) is 14.6 Å². The third-order valence-electron chi connectivity index (χ3n) is 2.79. The first-order valence-electron chi connectivity index (χ1n) is 5.35. The summed E-state index contributed by atoms with van der Waals surface area (Å²) in [4.78, 5) is 0. The van der Waals surface area contributed by atoms with E-state index in [0.29, 0.717) is 0 Å². The minimum absolute atomic E-state index is 1.12. The molecule has 0 nitrogen and oxygen atoms in total. The summed E-state index contributed by atoms with van der Waals surface area (Å²) in [7, 11) is 2.23.